The van der Waals surface area contributed by atoms with Gasteiger partial charge in [0.1, 0.15) is 4.90 Å². The van der Waals surface area contributed by atoms with Gasteiger partial charge in [-0.15, -0.1) is 0 Å². The number of anilines is 1. The van der Waals surface area contributed by atoms with E-state index in [1.807, 2.05) is 14.1 Å². The van der Waals surface area contributed by atoms with E-state index in [-0.39, 0.29) is 10.9 Å². The zero-order valence-corrected chi connectivity index (χ0v) is 12.7. The number of hydrogen-bond donors (Lipinski definition) is 2. The Morgan fingerprint density at radius 2 is 1.84 bits per heavy atom. The van der Waals surface area contributed by atoms with Gasteiger partial charge in [0, 0.05) is 12.6 Å². The van der Waals surface area contributed by atoms with Crippen molar-refractivity contribution in [1.82, 2.24) is 4.90 Å². The van der Waals surface area contributed by atoms with Gasteiger partial charge in [0.2, 0.25) is 10.0 Å². The molecule has 1 rings (SSSR count). The Bertz CT molecular complexity index is 512. The molecule has 5 nitrogen and oxygen atoms in total. The molecule has 1 unspecified atom stereocenters. The van der Waals surface area contributed by atoms with Gasteiger partial charge in [0.05, 0.1) is 5.69 Å². The highest BCUT2D eigenvalue weighted by Crippen LogP contribution is 2.21. The number of benzene rings is 1. The zero-order valence-electron chi connectivity index (χ0n) is 11.9. The molecule has 1 aromatic rings. The van der Waals surface area contributed by atoms with Crippen LogP contribution in [0.25, 0.3) is 0 Å². The first-order chi connectivity index (χ1) is 8.71. The minimum Gasteiger partial charge on any atom is -0.380 e. The number of nitrogens with one attached hydrogen (secondary N) is 1. The van der Waals surface area contributed by atoms with E-state index in [0.717, 1.165) is 6.54 Å². The summed E-state index contributed by atoms with van der Waals surface area (Å²) in [6, 6.07) is 6.87. The van der Waals surface area contributed by atoms with E-state index in [1.165, 1.54) is 6.07 Å². The van der Waals surface area contributed by atoms with Gasteiger partial charge in [-0.25, -0.2) is 13.6 Å². The predicted molar refractivity (Wildman–Crippen MR) is 78.6 cm³/mol. The van der Waals surface area contributed by atoms with Gasteiger partial charge in [0.25, 0.3) is 0 Å². The van der Waals surface area contributed by atoms with E-state index < -0.39 is 10.0 Å². The fourth-order valence-electron chi connectivity index (χ4n) is 1.85. The van der Waals surface area contributed by atoms with Crippen LogP contribution in [-0.2, 0) is 10.0 Å². The average Bonchev–Trinajstić information content (AvgIpc) is 2.26. The van der Waals surface area contributed by atoms with E-state index in [2.05, 4.69) is 24.1 Å². The summed E-state index contributed by atoms with van der Waals surface area (Å²) in [6.45, 7) is 5.01. The smallest absolute Gasteiger partial charge is 0.240 e. The van der Waals surface area contributed by atoms with E-state index >= 15 is 0 Å². The topological polar surface area (TPSA) is 75.4 Å². The number of primary sulfonamides is 1. The van der Waals surface area contributed by atoms with E-state index in [1.54, 1.807) is 18.2 Å². The third kappa shape index (κ3) is 4.81. The minimum absolute atomic E-state index is 0.138. The van der Waals surface area contributed by atoms with Gasteiger partial charge in [-0.3, -0.25) is 0 Å². The van der Waals surface area contributed by atoms with Crippen LogP contribution >= 0.6 is 0 Å². The molecular weight excluding hydrogens is 262 g/mol. The number of rotatable bonds is 6. The minimum atomic E-state index is -3.71. The van der Waals surface area contributed by atoms with Gasteiger partial charge in [-0.2, -0.15) is 0 Å². The number of nitrogens with zero attached hydrogens (tertiary/aromatic N) is 1. The molecule has 0 aliphatic heterocycles. The molecule has 19 heavy (non-hydrogen) atoms. The Kier molecular flexibility index (Phi) is 5.34. The van der Waals surface area contributed by atoms with E-state index in [9.17, 15) is 8.42 Å². The largest absolute Gasteiger partial charge is 0.380 e. The fourth-order valence-corrected chi connectivity index (χ4v) is 2.55. The van der Waals surface area contributed by atoms with Crippen molar-refractivity contribution in [1.29, 1.82) is 0 Å². The van der Waals surface area contributed by atoms with Crippen molar-refractivity contribution in [3.05, 3.63) is 24.3 Å². The summed E-state index contributed by atoms with van der Waals surface area (Å²) in [7, 11) is 0.268. The Hall–Kier alpha value is -1.11. The highest BCUT2D eigenvalue weighted by Gasteiger charge is 2.19. The predicted octanol–water partition coefficient (Wildman–Crippen LogP) is 1.33. The van der Waals surface area contributed by atoms with Crippen molar-refractivity contribution in [3.8, 4) is 0 Å². The van der Waals surface area contributed by atoms with Crippen molar-refractivity contribution >= 4 is 15.7 Å². The van der Waals surface area contributed by atoms with Crippen molar-refractivity contribution < 1.29 is 8.42 Å². The molecule has 0 amide bonds. The Labute approximate surface area is 115 Å². The molecule has 0 saturated heterocycles. The van der Waals surface area contributed by atoms with Crippen LogP contribution in [0.5, 0.6) is 0 Å². The number of likely N-dealkylation sites (N-methyl/N-ethyl adjacent to an activating group) is 1. The third-order valence-electron chi connectivity index (χ3n) is 2.90. The van der Waals surface area contributed by atoms with Crippen LogP contribution in [0.4, 0.5) is 5.69 Å². The molecule has 1 atom stereocenters. The molecule has 0 aliphatic carbocycles. The molecule has 0 fully saturated rings. The van der Waals surface area contributed by atoms with Crippen LogP contribution in [0.15, 0.2) is 29.2 Å². The molecule has 3 N–H and O–H groups in total. The molecule has 0 saturated carbocycles. The average molecular weight is 285 g/mol. The SMILES string of the molecule is CC(C)C(CN(C)C)Nc1ccccc1S(N)(=O)=O. The van der Waals surface area contributed by atoms with Gasteiger partial charge in [-0.1, -0.05) is 26.0 Å². The first-order valence-electron chi connectivity index (χ1n) is 6.25. The van der Waals surface area contributed by atoms with Gasteiger partial charge >= 0.3 is 0 Å². The molecule has 1 aromatic carbocycles. The van der Waals surface area contributed by atoms with Crippen LogP contribution in [0, 0.1) is 5.92 Å². The van der Waals surface area contributed by atoms with Crippen LogP contribution in [0.2, 0.25) is 0 Å². The Balaban J connectivity index is 3.03. The second-order valence-corrected chi connectivity index (χ2v) is 6.83. The normalized spacial score (nSPS) is 13.8. The standard InChI is InChI=1S/C13H23N3O2S/c1-10(2)12(9-16(3)4)15-11-7-5-6-8-13(11)19(14,17)18/h5-8,10,12,15H,9H2,1-4H3,(H2,14,17,18). The second-order valence-electron chi connectivity index (χ2n) is 5.30. The second kappa shape index (κ2) is 6.36. The molecule has 0 aliphatic rings. The van der Waals surface area contributed by atoms with Crippen LogP contribution in [-0.4, -0.2) is 40.0 Å². The molecule has 108 valence electrons. The number of nitrogens with two attached hydrogens (primary N) is 1. The molecule has 0 spiro atoms. The highest BCUT2D eigenvalue weighted by atomic mass is 32.2. The van der Waals surface area contributed by atoms with Crippen molar-refractivity contribution in [2.24, 2.45) is 11.1 Å². The molecule has 0 aromatic heterocycles. The number of hydrogen-bond acceptors (Lipinski definition) is 4. The maximum atomic E-state index is 11.6. The van der Waals surface area contributed by atoms with Crippen LogP contribution in [0.3, 0.4) is 0 Å². The lowest BCUT2D eigenvalue weighted by Gasteiger charge is -2.27. The molecule has 0 heterocycles. The number of para-hydroxylation sites is 1. The highest BCUT2D eigenvalue weighted by molar-refractivity contribution is 7.89. The first kappa shape index (κ1) is 15.9. The summed E-state index contributed by atoms with van der Waals surface area (Å²) in [5, 5.41) is 8.52. The maximum absolute atomic E-state index is 11.6. The molecule has 0 radical (unpaired) electrons. The van der Waals surface area contributed by atoms with E-state index in [0.29, 0.717) is 11.6 Å². The van der Waals surface area contributed by atoms with Crippen LogP contribution in [0.1, 0.15) is 13.8 Å². The summed E-state index contributed by atoms with van der Waals surface area (Å²) in [5.74, 6) is 0.371. The summed E-state index contributed by atoms with van der Waals surface area (Å²) < 4.78 is 23.1. The van der Waals surface area contributed by atoms with Gasteiger partial charge in [0.15, 0.2) is 0 Å². The van der Waals surface area contributed by atoms with Gasteiger partial charge < -0.3 is 10.2 Å². The third-order valence-corrected chi connectivity index (χ3v) is 3.87. The van der Waals surface area contributed by atoms with Crippen molar-refractivity contribution in [2.45, 2.75) is 24.8 Å². The summed E-state index contributed by atoms with van der Waals surface area (Å²) in [6.07, 6.45) is 0. The summed E-state index contributed by atoms with van der Waals surface area (Å²) >= 11 is 0. The first-order valence-corrected chi connectivity index (χ1v) is 7.79. The van der Waals surface area contributed by atoms with Crippen molar-refractivity contribution in [2.75, 3.05) is 26.0 Å². The van der Waals surface area contributed by atoms with Gasteiger partial charge in [-0.05, 0) is 32.1 Å². The van der Waals surface area contributed by atoms with E-state index in [4.69, 9.17) is 5.14 Å². The monoisotopic (exact) mass is 285 g/mol. The maximum Gasteiger partial charge on any atom is 0.240 e. The number of sulfonamides is 1. The Morgan fingerprint density at radius 1 is 1.26 bits per heavy atom. The lowest BCUT2D eigenvalue weighted by atomic mass is 10.0. The van der Waals surface area contributed by atoms with Crippen LogP contribution < -0.4 is 10.5 Å². The summed E-state index contributed by atoms with van der Waals surface area (Å²) in [5.41, 5.74) is 0.561. The molecule has 0 bridgehead atoms. The lowest BCUT2D eigenvalue weighted by Crippen LogP contribution is -2.37. The molecular formula is C13H23N3O2S. The zero-order chi connectivity index (χ0) is 14.6. The summed E-state index contributed by atoms with van der Waals surface area (Å²) in [4.78, 5) is 2.21. The molecule has 6 heteroatoms. The Morgan fingerprint density at radius 3 is 2.32 bits per heavy atom. The van der Waals surface area contributed by atoms with Crippen molar-refractivity contribution in [3.63, 3.8) is 0 Å². The fraction of sp³-hybridized carbons (Fsp3) is 0.538. The lowest BCUT2D eigenvalue weighted by molar-refractivity contribution is 0.344. The quantitative estimate of drug-likeness (QED) is 0.827.